The summed E-state index contributed by atoms with van der Waals surface area (Å²) < 4.78 is 40.0. The predicted octanol–water partition coefficient (Wildman–Crippen LogP) is 2.19. The molecule has 11 heteroatoms. The SMILES string of the molecule is CC1(c2ccc(OC(F)F)cc2)NC(=O)N(CC(=O)NCCc2ccc3c(c2)OCCO3)C1=O. The van der Waals surface area contributed by atoms with E-state index in [9.17, 15) is 23.2 Å². The molecule has 1 saturated heterocycles. The van der Waals surface area contributed by atoms with Crippen molar-refractivity contribution in [3.8, 4) is 17.2 Å². The van der Waals surface area contributed by atoms with E-state index in [2.05, 4.69) is 15.4 Å². The van der Waals surface area contributed by atoms with Gasteiger partial charge >= 0.3 is 12.6 Å². The van der Waals surface area contributed by atoms with Crippen LogP contribution in [0.25, 0.3) is 0 Å². The number of nitrogens with zero attached hydrogens (tertiary/aromatic N) is 1. The van der Waals surface area contributed by atoms with Crippen molar-refractivity contribution < 1.29 is 37.4 Å². The van der Waals surface area contributed by atoms with Gasteiger partial charge in [-0.1, -0.05) is 18.2 Å². The molecule has 2 aromatic rings. The summed E-state index contributed by atoms with van der Waals surface area (Å²) in [6.45, 7) is -0.665. The molecule has 0 saturated carbocycles. The van der Waals surface area contributed by atoms with Gasteiger partial charge < -0.3 is 24.8 Å². The molecule has 1 fully saturated rings. The summed E-state index contributed by atoms with van der Waals surface area (Å²) in [6, 6.07) is 10.2. The summed E-state index contributed by atoms with van der Waals surface area (Å²) in [7, 11) is 0. The highest BCUT2D eigenvalue weighted by Crippen LogP contribution is 2.31. The molecule has 2 aliphatic heterocycles. The van der Waals surface area contributed by atoms with Crippen molar-refractivity contribution in [3.63, 3.8) is 0 Å². The normalized spacial score (nSPS) is 19.2. The fraction of sp³-hybridized carbons (Fsp3) is 0.348. The number of rotatable bonds is 8. The van der Waals surface area contributed by atoms with Gasteiger partial charge in [-0.05, 0) is 48.7 Å². The van der Waals surface area contributed by atoms with Crippen LogP contribution >= 0.6 is 0 Å². The first-order valence-corrected chi connectivity index (χ1v) is 10.6. The van der Waals surface area contributed by atoms with Crippen LogP contribution in [0.5, 0.6) is 17.2 Å². The van der Waals surface area contributed by atoms with Crippen molar-refractivity contribution in [1.82, 2.24) is 15.5 Å². The lowest BCUT2D eigenvalue weighted by Gasteiger charge is -2.22. The maximum Gasteiger partial charge on any atom is 0.387 e. The maximum atomic E-state index is 13.0. The molecule has 0 spiro atoms. The van der Waals surface area contributed by atoms with Gasteiger partial charge in [0, 0.05) is 6.54 Å². The molecule has 9 nitrogen and oxygen atoms in total. The van der Waals surface area contributed by atoms with E-state index in [-0.39, 0.29) is 5.75 Å². The van der Waals surface area contributed by atoms with Gasteiger partial charge in [0.25, 0.3) is 5.91 Å². The van der Waals surface area contributed by atoms with E-state index in [1.165, 1.54) is 31.2 Å². The molecule has 4 amide bonds. The van der Waals surface area contributed by atoms with Crippen LogP contribution in [0.4, 0.5) is 13.6 Å². The van der Waals surface area contributed by atoms with Gasteiger partial charge in [-0.25, -0.2) is 4.79 Å². The van der Waals surface area contributed by atoms with Crippen molar-refractivity contribution in [2.45, 2.75) is 25.5 Å². The number of hydrogen-bond acceptors (Lipinski definition) is 6. The number of imide groups is 1. The summed E-state index contributed by atoms with van der Waals surface area (Å²) in [5.41, 5.74) is -0.133. The molecule has 0 radical (unpaired) electrons. The van der Waals surface area contributed by atoms with Gasteiger partial charge in [-0.15, -0.1) is 0 Å². The minimum Gasteiger partial charge on any atom is -0.486 e. The maximum absolute atomic E-state index is 13.0. The van der Waals surface area contributed by atoms with Crippen LogP contribution in [0.1, 0.15) is 18.1 Å². The summed E-state index contributed by atoms with van der Waals surface area (Å²) in [4.78, 5) is 38.6. The number of carbonyl (C=O) groups is 3. The summed E-state index contributed by atoms with van der Waals surface area (Å²) in [5.74, 6) is 0.140. The number of halogens is 2. The molecule has 2 aromatic carbocycles. The van der Waals surface area contributed by atoms with Crippen LogP contribution in [-0.2, 0) is 21.5 Å². The van der Waals surface area contributed by atoms with Crippen molar-refractivity contribution in [2.24, 2.45) is 0 Å². The van der Waals surface area contributed by atoms with E-state index in [1.807, 2.05) is 18.2 Å². The van der Waals surface area contributed by atoms with Gasteiger partial charge in [-0.3, -0.25) is 14.5 Å². The van der Waals surface area contributed by atoms with Gasteiger partial charge in [0.1, 0.15) is 31.0 Å². The lowest BCUT2D eigenvalue weighted by Crippen LogP contribution is -2.43. The van der Waals surface area contributed by atoms with Crippen molar-refractivity contribution in [3.05, 3.63) is 53.6 Å². The minimum absolute atomic E-state index is 0.0756. The summed E-state index contributed by atoms with van der Waals surface area (Å²) in [5, 5.41) is 5.27. The van der Waals surface area contributed by atoms with Crippen LogP contribution in [0.2, 0.25) is 0 Å². The van der Waals surface area contributed by atoms with E-state index < -0.39 is 36.5 Å². The molecule has 1 unspecified atom stereocenters. The number of carbonyl (C=O) groups excluding carboxylic acids is 3. The zero-order chi connectivity index (χ0) is 24.3. The number of fused-ring (bicyclic) bond motifs is 1. The van der Waals surface area contributed by atoms with E-state index in [4.69, 9.17) is 9.47 Å². The van der Waals surface area contributed by atoms with E-state index in [0.29, 0.717) is 43.2 Å². The minimum atomic E-state index is -2.97. The largest absolute Gasteiger partial charge is 0.486 e. The Hall–Kier alpha value is -3.89. The quantitative estimate of drug-likeness (QED) is 0.567. The van der Waals surface area contributed by atoms with Crippen molar-refractivity contribution in [1.29, 1.82) is 0 Å². The third kappa shape index (κ3) is 4.87. The number of urea groups is 1. The molecule has 0 bridgehead atoms. The number of ether oxygens (including phenoxy) is 3. The van der Waals surface area contributed by atoms with Crippen molar-refractivity contribution >= 4 is 17.8 Å². The summed E-state index contributed by atoms with van der Waals surface area (Å²) in [6.07, 6.45) is 0.521. The molecule has 34 heavy (non-hydrogen) atoms. The molecule has 0 aromatic heterocycles. The lowest BCUT2D eigenvalue weighted by molar-refractivity contribution is -0.134. The van der Waals surface area contributed by atoms with Crippen LogP contribution < -0.4 is 24.8 Å². The van der Waals surface area contributed by atoms with E-state index in [1.54, 1.807) is 0 Å². The Morgan fingerprint density at radius 3 is 2.56 bits per heavy atom. The fourth-order valence-electron chi connectivity index (χ4n) is 3.79. The van der Waals surface area contributed by atoms with Gasteiger partial charge in [0.15, 0.2) is 11.5 Å². The van der Waals surface area contributed by atoms with Crippen LogP contribution in [0.15, 0.2) is 42.5 Å². The zero-order valence-electron chi connectivity index (χ0n) is 18.3. The molecule has 0 aliphatic carbocycles. The Bertz CT molecular complexity index is 1090. The average Bonchev–Trinajstić information content (AvgIpc) is 3.03. The highest BCUT2D eigenvalue weighted by molar-refractivity contribution is 6.09. The second-order valence-electron chi connectivity index (χ2n) is 7.93. The lowest BCUT2D eigenvalue weighted by atomic mass is 9.92. The zero-order valence-corrected chi connectivity index (χ0v) is 18.3. The number of alkyl halides is 2. The Balaban J connectivity index is 1.32. The first-order chi connectivity index (χ1) is 16.3. The number of amides is 4. The fourth-order valence-corrected chi connectivity index (χ4v) is 3.79. The average molecular weight is 475 g/mol. The Morgan fingerprint density at radius 1 is 1.15 bits per heavy atom. The molecule has 4 rings (SSSR count). The Kier molecular flexibility index (Phi) is 6.53. The van der Waals surface area contributed by atoms with Crippen LogP contribution in [0.3, 0.4) is 0 Å². The monoisotopic (exact) mass is 475 g/mol. The molecular formula is C23H23F2N3O6. The number of nitrogens with one attached hydrogen (secondary N) is 2. The number of benzene rings is 2. The van der Waals surface area contributed by atoms with Gasteiger partial charge in [0.2, 0.25) is 5.91 Å². The first-order valence-electron chi connectivity index (χ1n) is 10.6. The second-order valence-corrected chi connectivity index (χ2v) is 7.93. The third-order valence-electron chi connectivity index (χ3n) is 5.58. The first kappa shape index (κ1) is 23.3. The van der Waals surface area contributed by atoms with Crippen molar-refractivity contribution in [2.75, 3.05) is 26.3 Å². The highest BCUT2D eigenvalue weighted by atomic mass is 19.3. The second kappa shape index (κ2) is 9.54. The molecule has 2 heterocycles. The number of hydrogen-bond donors (Lipinski definition) is 2. The van der Waals surface area contributed by atoms with Gasteiger partial charge in [-0.2, -0.15) is 8.78 Å². The standard InChI is InChI=1S/C23H23F2N3O6/c1-23(15-3-5-16(6-4-15)34-21(24)25)20(30)28(22(31)27-23)13-19(29)26-9-8-14-2-7-17-18(12-14)33-11-10-32-17/h2-7,12,21H,8-11,13H2,1H3,(H,26,29)(H,27,31). The summed E-state index contributed by atoms with van der Waals surface area (Å²) >= 11 is 0. The van der Waals surface area contributed by atoms with Crippen LogP contribution in [0, 0.1) is 0 Å². The smallest absolute Gasteiger partial charge is 0.387 e. The Labute approximate surface area is 194 Å². The predicted molar refractivity (Wildman–Crippen MR) is 115 cm³/mol. The molecule has 1 atom stereocenters. The van der Waals surface area contributed by atoms with E-state index in [0.717, 1.165) is 10.5 Å². The Morgan fingerprint density at radius 2 is 1.85 bits per heavy atom. The molecular weight excluding hydrogens is 452 g/mol. The van der Waals surface area contributed by atoms with Gasteiger partial charge in [0.05, 0.1) is 0 Å². The van der Waals surface area contributed by atoms with E-state index >= 15 is 0 Å². The topological polar surface area (TPSA) is 106 Å². The van der Waals surface area contributed by atoms with Crippen LogP contribution in [-0.4, -0.2) is 55.7 Å². The highest BCUT2D eigenvalue weighted by Gasteiger charge is 2.49. The third-order valence-corrected chi connectivity index (χ3v) is 5.58. The molecule has 180 valence electrons. The molecule has 2 N–H and O–H groups in total. The molecule has 2 aliphatic rings.